The summed E-state index contributed by atoms with van der Waals surface area (Å²) in [4.78, 5) is 22.4. The van der Waals surface area contributed by atoms with Crippen LogP contribution in [0.2, 0.25) is 18.1 Å². The molecule has 0 aromatic heterocycles. The summed E-state index contributed by atoms with van der Waals surface area (Å²) in [5.41, 5.74) is 6.70. The maximum atomic E-state index is 12.7. The molecule has 2 aliphatic heterocycles. The van der Waals surface area contributed by atoms with Crippen molar-refractivity contribution in [1.82, 2.24) is 10.6 Å². The van der Waals surface area contributed by atoms with E-state index in [1.807, 2.05) is 18.3 Å². The summed E-state index contributed by atoms with van der Waals surface area (Å²) >= 11 is 0. The summed E-state index contributed by atoms with van der Waals surface area (Å²) in [6.45, 7) is 16.0. The molecular weight excluding hydrogens is 510 g/mol. The van der Waals surface area contributed by atoms with Crippen LogP contribution in [0.1, 0.15) is 72.4 Å². The minimum absolute atomic E-state index is 0.137. The van der Waals surface area contributed by atoms with E-state index in [1.54, 1.807) is 27.7 Å². The number of nitrogens with one attached hydrogen (secondary N) is 2. The summed E-state index contributed by atoms with van der Waals surface area (Å²) in [5.74, 6) is 6.47. The molecule has 39 heavy (non-hydrogen) atoms. The van der Waals surface area contributed by atoms with Crippen LogP contribution in [-0.2, 0) is 20.8 Å². The number of ether oxygens (including phenoxy) is 2. The Kier molecular flexibility index (Phi) is 13.0. The minimum Gasteiger partial charge on any atom is -0.486 e. The van der Waals surface area contributed by atoms with Gasteiger partial charge in [0.2, 0.25) is 5.60 Å². The lowest BCUT2D eigenvalue weighted by Crippen LogP contribution is -2.56. The molecular formula is C29H50N5O4Si. The second-order valence-electron chi connectivity index (χ2n) is 11.1. The number of benzene rings is 1. The summed E-state index contributed by atoms with van der Waals surface area (Å²) < 4.78 is 11.7. The van der Waals surface area contributed by atoms with Crippen LogP contribution in [0, 0.1) is 0 Å². The van der Waals surface area contributed by atoms with Crippen molar-refractivity contribution in [3.8, 4) is 5.75 Å². The third kappa shape index (κ3) is 9.63. The Morgan fingerprint density at radius 1 is 1.21 bits per heavy atom. The van der Waals surface area contributed by atoms with Crippen LogP contribution in [0.15, 0.2) is 29.4 Å². The Balaban J connectivity index is 0.000000673. The van der Waals surface area contributed by atoms with Gasteiger partial charge in [-0.15, -0.1) is 0 Å². The van der Waals surface area contributed by atoms with Crippen LogP contribution in [0.3, 0.4) is 0 Å². The number of aryl methyl sites for hydroxylation is 1. The molecule has 1 aromatic carbocycles. The average Bonchev–Trinajstić information content (AvgIpc) is 2.93. The van der Waals surface area contributed by atoms with Gasteiger partial charge in [0.05, 0.1) is 6.54 Å². The van der Waals surface area contributed by atoms with Crippen molar-refractivity contribution < 1.29 is 19.1 Å². The van der Waals surface area contributed by atoms with E-state index in [4.69, 9.17) is 25.9 Å². The van der Waals surface area contributed by atoms with Crippen molar-refractivity contribution in [2.24, 2.45) is 16.6 Å². The highest BCUT2D eigenvalue weighted by Gasteiger charge is 2.48. The molecule has 2 aliphatic rings. The van der Waals surface area contributed by atoms with Crippen LogP contribution in [0.4, 0.5) is 0 Å². The number of aliphatic imine (C=N–C) groups is 1. The van der Waals surface area contributed by atoms with Gasteiger partial charge >= 0.3 is 5.97 Å². The monoisotopic (exact) mass is 560 g/mol. The molecule has 6 N–H and O–H groups in total. The Morgan fingerprint density at radius 3 is 2.41 bits per heavy atom. The smallest absolute Gasteiger partial charge is 0.344 e. The van der Waals surface area contributed by atoms with Crippen LogP contribution < -0.4 is 27.0 Å². The highest BCUT2D eigenvalue weighted by atomic mass is 28.3. The Hall–Kier alpha value is -2.40. The molecule has 2 atom stereocenters. The van der Waals surface area contributed by atoms with Crippen molar-refractivity contribution in [1.29, 1.82) is 0 Å². The lowest BCUT2D eigenvalue weighted by molar-refractivity contribution is -0.196. The van der Waals surface area contributed by atoms with Gasteiger partial charge in [-0.1, -0.05) is 45.0 Å². The number of rotatable bonds is 10. The molecule has 10 heteroatoms. The fraction of sp³-hybridized carbons (Fsp3) is 0.655. The van der Waals surface area contributed by atoms with Crippen LogP contribution in [0.25, 0.3) is 5.57 Å². The molecule has 1 radical (unpaired) electrons. The van der Waals surface area contributed by atoms with Crippen LogP contribution in [-0.4, -0.2) is 57.7 Å². The summed E-state index contributed by atoms with van der Waals surface area (Å²) in [6.07, 6.45) is 3.61. The van der Waals surface area contributed by atoms with Gasteiger partial charge < -0.3 is 25.8 Å². The summed E-state index contributed by atoms with van der Waals surface area (Å²) in [7, 11) is 0.137. The first-order chi connectivity index (χ1) is 18.5. The van der Waals surface area contributed by atoms with E-state index in [0.29, 0.717) is 25.3 Å². The van der Waals surface area contributed by atoms with Gasteiger partial charge in [-0.05, 0) is 82.3 Å². The molecule has 0 saturated carbocycles. The fourth-order valence-corrected chi connectivity index (χ4v) is 5.86. The second kappa shape index (κ2) is 15.4. The lowest BCUT2D eigenvalue weighted by atomic mass is 9.89. The van der Waals surface area contributed by atoms with Gasteiger partial charge in [0.15, 0.2) is 5.96 Å². The maximum absolute atomic E-state index is 12.7. The Labute approximate surface area is 236 Å². The number of esters is 1. The molecule has 0 amide bonds. The van der Waals surface area contributed by atoms with Gasteiger partial charge in [0.25, 0.3) is 0 Å². The molecule has 0 saturated heterocycles. The van der Waals surface area contributed by atoms with Gasteiger partial charge in [0.1, 0.15) is 17.5 Å². The van der Waals surface area contributed by atoms with E-state index in [0.717, 1.165) is 42.0 Å². The van der Waals surface area contributed by atoms with Gasteiger partial charge in [0, 0.05) is 21.5 Å². The van der Waals surface area contributed by atoms with Crippen LogP contribution >= 0.6 is 0 Å². The third-order valence-corrected chi connectivity index (χ3v) is 10.0. The van der Waals surface area contributed by atoms with Crippen LogP contribution in [0.5, 0.6) is 5.75 Å². The molecule has 1 aromatic rings. The zero-order valence-electron chi connectivity index (χ0n) is 25.0. The normalized spacial score (nSPS) is 18.3. The highest BCUT2D eigenvalue weighted by molar-refractivity contribution is 6.58. The topological polar surface area (TPSA) is 133 Å². The average molecular weight is 561 g/mol. The Bertz CT molecular complexity index is 985. The lowest BCUT2D eigenvalue weighted by Gasteiger charge is -2.38. The fourth-order valence-electron chi connectivity index (χ4n) is 4.36. The standard InChI is InChI=1S/C23H35N5O4.C6H15Si/c1-22(2,3)31-20(29)23(4,32-25)19-9-7-16-12-15(6-8-18(16)30-19)17-13-27-21(28-14-17)26-11-5-10-24;1-4-7(5-2)6-3/h6,8,12-13,19H,5,7,9-11,14,24-25H2,1-4H3,(H2,26,27,28);4-6H2,1-3H3/t19-,23+;/m1./s1. The van der Waals surface area contributed by atoms with E-state index in [-0.39, 0.29) is 8.80 Å². The van der Waals surface area contributed by atoms with E-state index in [2.05, 4.69) is 42.5 Å². The van der Waals surface area contributed by atoms with Crippen molar-refractivity contribution in [2.45, 2.75) is 103 Å². The zero-order valence-corrected chi connectivity index (χ0v) is 26.0. The van der Waals surface area contributed by atoms with E-state index < -0.39 is 23.3 Å². The van der Waals surface area contributed by atoms with E-state index in [9.17, 15) is 4.79 Å². The largest absolute Gasteiger partial charge is 0.486 e. The molecule has 0 spiro atoms. The number of carbonyl (C=O) groups is 1. The van der Waals surface area contributed by atoms with Gasteiger partial charge in [-0.25, -0.2) is 15.7 Å². The first kappa shape index (κ1) is 32.8. The summed E-state index contributed by atoms with van der Waals surface area (Å²) in [5, 5.41) is 6.42. The van der Waals surface area contributed by atoms with Crippen molar-refractivity contribution in [2.75, 3.05) is 19.6 Å². The number of carbonyl (C=O) groups excluding carboxylic acids is 1. The first-order valence-corrected chi connectivity index (χ1v) is 16.3. The zero-order chi connectivity index (χ0) is 29.1. The quantitative estimate of drug-likeness (QED) is 0.145. The number of guanidine groups is 1. The summed E-state index contributed by atoms with van der Waals surface area (Å²) in [6, 6.07) is 10.4. The number of hydrogen-bond donors (Lipinski definition) is 4. The number of hydrogen-bond acceptors (Lipinski definition) is 9. The van der Waals surface area contributed by atoms with Crippen molar-refractivity contribution >= 4 is 26.3 Å². The molecule has 2 heterocycles. The van der Waals surface area contributed by atoms with Gasteiger partial charge in [-0.3, -0.25) is 4.84 Å². The molecule has 0 aliphatic carbocycles. The second-order valence-corrected chi connectivity index (χ2v) is 14.7. The molecule has 9 nitrogen and oxygen atoms in total. The number of nitrogens with two attached hydrogens (primary N) is 2. The SMILES string of the molecule is CC(C)(C)OC(=O)[C@@](C)(ON)[C@H]1CCc2cc(C3=CNC(NCCCN)=NC3)ccc2O1.CC[Si](CC)CC. The minimum atomic E-state index is -1.40. The predicted molar refractivity (Wildman–Crippen MR) is 161 cm³/mol. The molecule has 219 valence electrons. The molecule has 0 unspecified atom stereocenters. The molecule has 0 bridgehead atoms. The Morgan fingerprint density at radius 2 is 1.90 bits per heavy atom. The third-order valence-electron chi connectivity index (χ3n) is 7.00. The van der Waals surface area contributed by atoms with Crippen molar-refractivity contribution in [3.05, 3.63) is 35.5 Å². The van der Waals surface area contributed by atoms with Gasteiger partial charge in [-0.2, -0.15) is 0 Å². The first-order valence-electron chi connectivity index (χ1n) is 14.2. The van der Waals surface area contributed by atoms with E-state index >= 15 is 0 Å². The highest BCUT2D eigenvalue weighted by Crippen LogP contribution is 2.35. The molecule has 3 rings (SSSR count). The predicted octanol–water partition coefficient (Wildman–Crippen LogP) is 4.15. The number of nitrogens with zero attached hydrogens (tertiary/aromatic N) is 1. The number of fused-ring (bicyclic) bond motifs is 1. The van der Waals surface area contributed by atoms with Crippen molar-refractivity contribution in [3.63, 3.8) is 0 Å². The molecule has 0 fully saturated rings. The van der Waals surface area contributed by atoms with E-state index in [1.165, 1.54) is 18.1 Å². The maximum Gasteiger partial charge on any atom is 0.344 e.